The van der Waals surface area contributed by atoms with Crippen molar-refractivity contribution in [2.24, 2.45) is 0 Å². The van der Waals surface area contributed by atoms with E-state index in [1.807, 2.05) is 0 Å². The second-order valence-corrected chi connectivity index (χ2v) is 4.73. The highest BCUT2D eigenvalue weighted by Gasteiger charge is 2.19. The highest BCUT2D eigenvalue weighted by atomic mass is 79.9. The van der Waals surface area contributed by atoms with Crippen LogP contribution in [0.4, 0.5) is 0 Å². The maximum absolute atomic E-state index is 11.7. The van der Waals surface area contributed by atoms with Crippen LogP contribution in [0.1, 0.15) is 6.92 Å². The lowest BCUT2D eigenvalue weighted by Gasteiger charge is -2.11. The third kappa shape index (κ3) is 6.22. The highest BCUT2D eigenvalue weighted by molar-refractivity contribution is 9.10. The average Bonchev–Trinajstić information content (AvgIpc) is 2.46. The van der Waals surface area contributed by atoms with Crippen LogP contribution in [0.3, 0.4) is 0 Å². The Balaban J connectivity index is 2.51. The molecule has 0 aromatic heterocycles. The first-order valence-corrected chi connectivity index (χ1v) is 6.65. The Morgan fingerprint density at radius 1 is 1.10 bits per heavy atom. The summed E-state index contributed by atoms with van der Waals surface area (Å²) in [6, 6.07) is 6.60. The highest BCUT2D eigenvalue weighted by Crippen LogP contribution is 2.16. The number of carbonyl (C=O) groups is 3. The number of methoxy groups -OCH3 is 1. The molecule has 6 nitrogen and oxygen atoms in total. The molecule has 1 unspecified atom stereocenters. The molecule has 0 radical (unpaired) electrons. The molecule has 21 heavy (non-hydrogen) atoms. The van der Waals surface area contributed by atoms with E-state index in [2.05, 4.69) is 20.7 Å². The number of ether oxygens (including phenoxy) is 3. The molecule has 7 heteroatoms. The van der Waals surface area contributed by atoms with Gasteiger partial charge in [-0.3, -0.25) is 0 Å². The van der Waals surface area contributed by atoms with Crippen molar-refractivity contribution in [3.05, 3.63) is 40.9 Å². The molecule has 0 aliphatic rings. The molecular weight excluding hydrogens is 344 g/mol. The van der Waals surface area contributed by atoms with E-state index in [1.165, 1.54) is 14.0 Å². The Labute approximate surface area is 129 Å². The second-order valence-electron chi connectivity index (χ2n) is 3.81. The van der Waals surface area contributed by atoms with Gasteiger partial charge in [0, 0.05) is 16.6 Å². The number of esters is 3. The van der Waals surface area contributed by atoms with Gasteiger partial charge in [0.25, 0.3) is 0 Å². The van der Waals surface area contributed by atoms with Crippen LogP contribution in [0, 0.1) is 0 Å². The van der Waals surface area contributed by atoms with E-state index in [-0.39, 0.29) is 0 Å². The Morgan fingerprint density at radius 2 is 1.67 bits per heavy atom. The van der Waals surface area contributed by atoms with E-state index in [0.717, 1.165) is 16.6 Å². The molecule has 0 amide bonds. The fourth-order valence-electron chi connectivity index (χ4n) is 1.17. The number of carbonyl (C=O) groups excluding carboxylic acids is 3. The lowest BCUT2D eigenvalue weighted by molar-refractivity contribution is -0.157. The summed E-state index contributed by atoms with van der Waals surface area (Å²) < 4.78 is 15.0. The molecule has 0 saturated heterocycles. The molecule has 0 fully saturated rings. The van der Waals surface area contributed by atoms with E-state index in [9.17, 15) is 14.4 Å². The van der Waals surface area contributed by atoms with Crippen LogP contribution in [-0.2, 0) is 23.9 Å². The summed E-state index contributed by atoms with van der Waals surface area (Å²) in [7, 11) is 1.18. The van der Waals surface area contributed by atoms with E-state index in [4.69, 9.17) is 9.47 Å². The standard InChI is InChI=1S/C14H13BrO6/c1-9(20-13(17)8-7-12(16)19-2)14(18)21-11-5-3-10(15)4-6-11/h3-9H,1-2H3/b8-7+. The molecule has 0 heterocycles. The zero-order valence-electron chi connectivity index (χ0n) is 11.4. The largest absolute Gasteiger partial charge is 0.466 e. The molecule has 0 saturated carbocycles. The van der Waals surface area contributed by atoms with E-state index in [1.54, 1.807) is 24.3 Å². The normalized spacial score (nSPS) is 11.8. The molecule has 112 valence electrons. The SMILES string of the molecule is COC(=O)/C=C/C(=O)OC(C)C(=O)Oc1ccc(Br)cc1. The number of benzene rings is 1. The third-order valence-corrected chi connectivity index (χ3v) is 2.74. The van der Waals surface area contributed by atoms with Crippen molar-refractivity contribution in [2.75, 3.05) is 7.11 Å². The summed E-state index contributed by atoms with van der Waals surface area (Å²) in [6.07, 6.45) is 0.660. The van der Waals surface area contributed by atoms with Crippen LogP contribution >= 0.6 is 15.9 Å². The third-order valence-electron chi connectivity index (χ3n) is 2.21. The van der Waals surface area contributed by atoms with Crippen LogP contribution in [0.2, 0.25) is 0 Å². The fraction of sp³-hybridized carbons (Fsp3) is 0.214. The summed E-state index contributed by atoms with van der Waals surface area (Å²) in [5.74, 6) is -1.94. The quantitative estimate of drug-likeness (QED) is 0.456. The zero-order valence-corrected chi connectivity index (χ0v) is 13.0. The first-order chi connectivity index (χ1) is 9.92. The molecule has 0 bridgehead atoms. The van der Waals surface area contributed by atoms with Crippen LogP contribution in [-0.4, -0.2) is 31.1 Å². The predicted octanol–water partition coefficient (Wildman–Crippen LogP) is 2.02. The minimum Gasteiger partial charge on any atom is -0.466 e. The Hall–Kier alpha value is -2.15. The summed E-state index contributed by atoms with van der Waals surface area (Å²) in [4.78, 5) is 33.8. The van der Waals surface area contributed by atoms with Gasteiger partial charge in [-0.2, -0.15) is 0 Å². The van der Waals surface area contributed by atoms with Crippen LogP contribution in [0.15, 0.2) is 40.9 Å². The van der Waals surface area contributed by atoms with Gasteiger partial charge in [-0.15, -0.1) is 0 Å². The summed E-state index contributed by atoms with van der Waals surface area (Å²) >= 11 is 3.25. The van der Waals surface area contributed by atoms with Gasteiger partial charge in [0.1, 0.15) is 5.75 Å². The molecule has 1 aromatic rings. The van der Waals surface area contributed by atoms with Crippen LogP contribution < -0.4 is 4.74 Å². The van der Waals surface area contributed by atoms with Crippen molar-refractivity contribution in [3.8, 4) is 5.75 Å². The Morgan fingerprint density at radius 3 is 2.24 bits per heavy atom. The number of hydrogen-bond acceptors (Lipinski definition) is 6. The monoisotopic (exact) mass is 356 g/mol. The molecule has 0 aliphatic heterocycles. The van der Waals surface area contributed by atoms with Gasteiger partial charge in [0.2, 0.25) is 0 Å². The molecule has 0 aliphatic carbocycles. The van der Waals surface area contributed by atoms with Gasteiger partial charge in [0.05, 0.1) is 7.11 Å². The van der Waals surface area contributed by atoms with Gasteiger partial charge in [-0.05, 0) is 31.2 Å². The van der Waals surface area contributed by atoms with Crippen LogP contribution in [0.5, 0.6) is 5.75 Å². The second kappa shape index (κ2) is 8.21. The van der Waals surface area contributed by atoms with Gasteiger partial charge in [-0.1, -0.05) is 15.9 Å². The van der Waals surface area contributed by atoms with Crippen molar-refractivity contribution >= 4 is 33.8 Å². The summed E-state index contributed by atoms with van der Waals surface area (Å²) in [5, 5.41) is 0. The number of halogens is 1. The van der Waals surface area contributed by atoms with Crippen molar-refractivity contribution < 1.29 is 28.6 Å². The van der Waals surface area contributed by atoms with Crippen LogP contribution in [0.25, 0.3) is 0 Å². The van der Waals surface area contributed by atoms with Crippen molar-refractivity contribution in [1.82, 2.24) is 0 Å². The lowest BCUT2D eigenvalue weighted by Crippen LogP contribution is -2.27. The first kappa shape index (κ1) is 16.9. The van der Waals surface area contributed by atoms with Crippen molar-refractivity contribution in [3.63, 3.8) is 0 Å². The average molecular weight is 357 g/mol. The van der Waals surface area contributed by atoms with E-state index < -0.39 is 24.0 Å². The zero-order chi connectivity index (χ0) is 15.8. The first-order valence-electron chi connectivity index (χ1n) is 5.86. The molecule has 1 atom stereocenters. The van der Waals surface area contributed by atoms with Crippen molar-refractivity contribution in [1.29, 1.82) is 0 Å². The minimum atomic E-state index is -1.11. The maximum Gasteiger partial charge on any atom is 0.352 e. The van der Waals surface area contributed by atoms with Gasteiger partial charge < -0.3 is 14.2 Å². The number of hydrogen-bond donors (Lipinski definition) is 0. The lowest BCUT2D eigenvalue weighted by atomic mass is 10.3. The van der Waals surface area contributed by atoms with Gasteiger partial charge in [0.15, 0.2) is 6.10 Å². The molecule has 1 rings (SSSR count). The number of rotatable bonds is 5. The van der Waals surface area contributed by atoms with E-state index >= 15 is 0 Å². The molecular formula is C14H13BrO6. The maximum atomic E-state index is 11.7. The van der Waals surface area contributed by atoms with Gasteiger partial charge in [-0.25, -0.2) is 14.4 Å². The predicted molar refractivity (Wildman–Crippen MR) is 76.5 cm³/mol. The summed E-state index contributed by atoms with van der Waals surface area (Å²) in [5.41, 5.74) is 0. The fourth-order valence-corrected chi connectivity index (χ4v) is 1.43. The Bertz CT molecular complexity index is 549. The summed E-state index contributed by atoms with van der Waals surface area (Å²) in [6.45, 7) is 1.37. The molecule has 0 N–H and O–H groups in total. The molecule has 0 spiro atoms. The smallest absolute Gasteiger partial charge is 0.352 e. The Kier molecular flexibility index (Phi) is 6.61. The van der Waals surface area contributed by atoms with E-state index in [0.29, 0.717) is 5.75 Å². The topological polar surface area (TPSA) is 78.9 Å². The van der Waals surface area contributed by atoms with Crippen molar-refractivity contribution in [2.45, 2.75) is 13.0 Å². The minimum absolute atomic E-state index is 0.330. The molecule has 1 aromatic carbocycles. The van der Waals surface area contributed by atoms with Gasteiger partial charge >= 0.3 is 17.9 Å².